The summed E-state index contributed by atoms with van der Waals surface area (Å²) in [5, 5.41) is 2.92. The predicted molar refractivity (Wildman–Crippen MR) is 126 cm³/mol. The molecule has 0 bridgehead atoms. The summed E-state index contributed by atoms with van der Waals surface area (Å²) in [4.78, 5) is 27.4. The van der Waals surface area contributed by atoms with Gasteiger partial charge in [0.1, 0.15) is 5.60 Å². The molecule has 1 N–H and O–H groups in total. The van der Waals surface area contributed by atoms with Gasteiger partial charge in [0.2, 0.25) is 5.91 Å². The zero-order valence-corrected chi connectivity index (χ0v) is 21.5. The molecule has 0 fully saturated rings. The van der Waals surface area contributed by atoms with E-state index in [2.05, 4.69) is 51.3 Å². The first-order valence-electron chi connectivity index (χ1n) is 11.2. The lowest BCUT2D eigenvalue weighted by Crippen LogP contribution is -2.49. The van der Waals surface area contributed by atoms with Gasteiger partial charge >= 0.3 is 6.09 Å². The van der Waals surface area contributed by atoms with Gasteiger partial charge in [0.05, 0.1) is 12.6 Å². The van der Waals surface area contributed by atoms with Gasteiger partial charge in [0.15, 0.2) is 8.32 Å². The standard InChI is InChI=1S/C24H40N2O4Si/c1-23(2,3)30-22(28)25-20(17-29-31(7,8)24(4,5)6)15-21(27)26-14-13-18-11-9-10-12-19(18)16-26/h9-12,20H,13-17H2,1-8H3,(H,25,28). The largest absolute Gasteiger partial charge is 0.444 e. The van der Waals surface area contributed by atoms with Gasteiger partial charge in [0.25, 0.3) is 0 Å². The van der Waals surface area contributed by atoms with E-state index >= 15 is 0 Å². The second kappa shape index (κ2) is 9.73. The predicted octanol–water partition coefficient (Wildman–Crippen LogP) is 4.88. The number of nitrogens with zero attached hydrogens (tertiary/aromatic N) is 1. The van der Waals surface area contributed by atoms with Crippen LogP contribution < -0.4 is 5.32 Å². The van der Waals surface area contributed by atoms with Crippen molar-refractivity contribution in [3.05, 3.63) is 35.4 Å². The van der Waals surface area contributed by atoms with Crippen LogP contribution in [0.2, 0.25) is 18.1 Å². The molecule has 31 heavy (non-hydrogen) atoms. The van der Waals surface area contributed by atoms with Crippen LogP contribution in [0.5, 0.6) is 0 Å². The normalized spacial score (nSPS) is 15.8. The van der Waals surface area contributed by atoms with E-state index in [-0.39, 0.29) is 17.4 Å². The number of alkyl carbamates (subject to hydrolysis) is 1. The molecule has 1 aromatic rings. The van der Waals surface area contributed by atoms with Crippen molar-refractivity contribution in [1.29, 1.82) is 0 Å². The lowest BCUT2D eigenvalue weighted by molar-refractivity contribution is -0.132. The number of fused-ring (bicyclic) bond motifs is 1. The van der Waals surface area contributed by atoms with Crippen molar-refractivity contribution >= 4 is 20.3 Å². The van der Waals surface area contributed by atoms with Crippen molar-refractivity contribution in [3.63, 3.8) is 0 Å². The molecule has 0 saturated carbocycles. The van der Waals surface area contributed by atoms with E-state index in [0.717, 1.165) is 6.42 Å². The van der Waals surface area contributed by atoms with Gasteiger partial charge in [-0.25, -0.2) is 4.79 Å². The fraction of sp³-hybridized carbons (Fsp3) is 0.667. The number of benzene rings is 1. The Labute approximate surface area is 188 Å². The quantitative estimate of drug-likeness (QED) is 0.630. The van der Waals surface area contributed by atoms with Gasteiger partial charge in [-0.05, 0) is 56.5 Å². The van der Waals surface area contributed by atoms with Crippen LogP contribution in [-0.2, 0) is 26.9 Å². The molecule has 2 rings (SSSR count). The van der Waals surface area contributed by atoms with Crippen molar-refractivity contribution in [2.45, 2.75) is 90.7 Å². The third-order valence-corrected chi connectivity index (χ3v) is 10.6. The lowest BCUT2D eigenvalue weighted by atomic mass is 9.99. The van der Waals surface area contributed by atoms with Crippen LogP contribution in [0.3, 0.4) is 0 Å². The molecule has 1 aliphatic heterocycles. The first kappa shape index (κ1) is 25.4. The molecule has 0 aliphatic carbocycles. The Morgan fingerprint density at radius 2 is 1.71 bits per heavy atom. The Hall–Kier alpha value is -1.86. The second-order valence-electron chi connectivity index (χ2n) is 11.0. The maximum absolute atomic E-state index is 13.1. The molecule has 1 aliphatic rings. The first-order valence-corrected chi connectivity index (χ1v) is 14.1. The zero-order valence-electron chi connectivity index (χ0n) is 20.5. The second-order valence-corrected chi connectivity index (χ2v) is 15.8. The monoisotopic (exact) mass is 448 g/mol. The zero-order chi connectivity index (χ0) is 23.4. The van der Waals surface area contributed by atoms with E-state index in [0.29, 0.717) is 19.7 Å². The van der Waals surface area contributed by atoms with Crippen LogP contribution in [0.1, 0.15) is 59.1 Å². The lowest BCUT2D eigenvalue weighted by Gasteiger charge is -2.37. The van der Waals surface area contributed by atoms with E-state index in [1.54, 1.807) is 0 Å². The number of ether oxygens (including phenoxy) is 1. The van der Waals surface area contributed by atoms with Crippen LogP contribution in [-0.4, -0.2) is 50.0 Å². The minimum absolute atomic E-state index is 0.0226. The van der Waals surface area contributed by atoms with Crippen LogP contribution in [0.25, 0.3) is 0 Å². The molecule has 0 radical (unpaired) electrons. The number of carbonyl (C=O) groups is 2. The maximum Gasteiger partial charge on any atom is 0.407 e. The van der Waals surface area contributed by atoms with Crippen LogP contribution in [0.4, 0.5) is 4.79 Å². The van der Waals surface area contributed by atoms with Gasteiger partial charge in [0, 0.05) is 19.5 Å². The molecule has 1 atom stereocenters. The molecular formula is C24H40N2O4Si. The van der Waals surface area contributed by atoms with Crippen LogP contribution in [0, 0.1) is 0 Å². The summed E-state index contributed by atoms with van der Waals surface area (Å²) in [5.74, 6) is 0.0226. The number of hydrogen-bond acceptors (Lipinski definition) is 4. The van der Waals surface area contributed by atoms with Crippen LogP contribution >= 0.6 is 0 Å². The fourth-order valence-electron chi connectivity index (χ4n) is 3.20. The topological polar surface area (TPSA) is 67.9 Å². The number of nitrogens with one attached hydrogen (secondary N) is 1. The minimum Gasteiger partial charge on any atom is -0.444 e. The van der Waals surface area contributed by atoms with E-state index < -0.39 is 26.1 Å². The summed E-state index contributed by atoms with van der Waals surface area (Å²) in [6, 6.07) is 7.80. The van der Waals surface area contributed by atoms with E-state index in [1.165, 1.54) is 11.1 Å². The summed E-state index contributed by atoms with van der Waals surface area (Å²) < 4.78 is 11.8. The maximum atomic E-state index is 13.1. The third-order valence-electron chi connectivity index (χ3n) is 6.08. The SMILES string of the molecule is CC(C)(C)OC(=O)NC(CO[Si](C)(C)C(C)(C)C)CC(=O)N1CCc2ccccc2C1. The Morgan fingerprint density at radius 3 is 2.29 bits per heavy atom. The smallest absolute Gasteiger partial charge is 0.407 e. The van der Waals surface area contributed by atoms with E-state index in [9.17, 15) is 9.59 Å². The number of hydrogen-bond donors (Lipinski definition) is 1. The summed E-state index contributed by atoms with van der Waals surface area (Å²) in [6.07, 6.45) is 0.524. The Kier molecular flexibility index (Phi) is 7.98. The molecule has 174 valence electrons. The van der Waals surface area contributed by atoms with Crippen molar-refractivity contribution in [3.8, 4) is 0 Å². The van der Waals surface area contributed by atoms with Crippen molar-refractivity contribution < 1.29 is 18.8 Å². The van der Waals surface area contributed by atoms with Crippen molar-refractivity contribution in [1.82, 2.24) is 10.2 Å². The summed E-state index contributed by atoms with van der Waals surface area (Å²) >= 11 is 0. The Balaban J connectivity index is 2.06. The molecule has 6 nitrogen and oxygen atoms in total. The average molecular weight is 449 g/mol. The van der Waals surface area contributed by atoms with E-state index in [4.69, 9.17) is 9.16 Å². The van der Waals surface area contributed by atoms with Gasteiger partial charge < -0.3 is 19.4 Å². The Bertz CT molecular complexity index is 781. The summed E-state index contributed by atoms with van der Waals surface area (Å²) in [6.45, 7) is 17.9. The molecule has 0 saturated heterocycles. The Morgan fingerprint density at radius 1 is 1.10 bits per heavy atom. The molecule has 0 spiro atoms. The van der Waals surface area contributed by atoms with Gasteiger partial charge in [-0.15, -0.1) is 0 Å². The van der Waals surface area contributed by atoms with Gasteiger partial charge in [-0.3, -0.25) is 4.79 Å². The molecule has 2 amide bonds. The molecule has 0 aromatic heterocycles. The fourth-order valence-corrected chi connectivity index (χ4v) is 4.25. The highest BCUT2D eigenvalue weighted by Crippen LogP contribution is 2.36. The summed E-state index contributed by atoms with van der Waals surface area (Å²) in [5.41, 5.74) is 1.89. The highest BCUT2D eigenvalue weighted by atomic mass is 28.4. The highest BCUT2D eigenvalue weighted by molar-refractivity contribution is 6.74. The minimum atomic E-state index is -2.02. The third kappa shape index (κ3) is 7.65. The number of rotatable bonds is 6. The molecule has 7 heteroatoms. The molecule has 1 heterocycles. The first-order chi connectivity index (χ1) is 14.2. The van der Waals surface area contributed by atoms with Gasteiger partial charge in [-0.1, -0.05) is 45.0 Å². The average Bonchev–Trinajstić information content (AvgIpc) is 2.63. The molecule has 1 unspecified atom stereocenters. The number of carbonyl (C=O) groups excluding carboxylic acids is 2. The number of amides is 2. The highest BCUT2D eigenvalue weighted by Gasteiger charge is 2.38. The summed E-state index contributed by atoms with van der Waals surface area (Å²) in [7, 11) is -2.02. The van der Waals surface area contributed by atoms with Crippen molar-refractivity contribution in [2.75, 3.05) is 13.2 Å². The molecular weight excluding hydrogens is 408 g/mol. The van der Waals surface area contributed by atoms with Crippen molar-refractivity contribution in [2.24, 2.45) is 0 Å². The molecule has 1 aromatic carbocycles. The van der Waals surface area contributed by atoms with Crippen LogP contribution in [0.15, 0.2) is 24.3 Å². The van der Waals surface area contributed by atoms with E-state index in [1.807, 2.05) is 37.8 Å². The van der Waals surface area contributed by atoms with Gasteiger partial charge in [-0.2, -0.15) is 0 Å².